The molecule has 16 heavy (non-hydrogen) atoms. The zero-order valence-corrected chi connectivity index (χ0v) is 10.3. The van der Waals surface area contributed by atoms with Gasteiger partial charge in [-0.3, -0.25) is 4.79 Å². The van der Waals surface area contributed by atoms with Crippen LogP contribution < -0.4 is 4.90 Å². The fraction of sp³-hybridized carbons (Fsp3) is 0.417. The van der Waals surface area contributed by atoms with Crippen LogP contribution in [0, 0.1) is 0 Å². The van der Waals surface area contributed by atoms with Crippen molar-refractivity contribution in [3.63, 3.8) is 0 Å². The molecule has 0 aliphatic heterocycles. The number of aldehydes is 1. The van der Waals surface area contributed by atoms with Crippen molar-refractivity contribution >= 4 is 23.6 Å². The van der Waals surface area contributed by atoms with Gasteiger partial charge in [-0.25, -0.2) is 0 Å². The quantitative estimate of drug-likeness (QED) is 0.567. The molecular weight excluding hydrogens is 226 g/mol. The Kier molecular flexibility index (Phi) is 5.29. The van der Waals surface area contributed by atoms with Crippen LogP contribution in [-0.2, 0) is 4.74 Å². The number of likely N-dealkylation sites (N-methyl/N-ethyl adjacent to an activating group) is 1. The first-order valence-corrected chi connectivity index (χ1v) is 5.61. The Balaban J connectivity index is 2.78. The molecule has 0 amide bonds. The fourth-order valence-electron chi connectivity index (χ4n) is 1.44. The number of rotatable bonds is 6. The van der Waals surface area contributed by atoms with Crippen molar-refractivity contribution in [3.8, 4) is 0 Å². The van der Waals surface area contributed by atoms with Gasteiger partial charge in [-0.05, 0) is 19.1 Å². The minimum atomic E-state index is 0.482. The number of ether oxygens (including phenoxy) is 1. The minimum absolute atomic E-state index is 0.482. The van der Waals surface area contributed by atoms with E-state index >= 15 is 0 Å². The third-order valence-corrected chi connectivity index (χ3v) is 2.66. The fourth-order valence-corrected chi connectivity index (χ4v) is 1.66. The average molecular weight is 242 g/mol. The predicted molar refractivity (Wildman–Crippen MR) is 66.6 cm³/mol. The van der Waals surface area contributed by atoms with E-state index in [2.05, 4.69) is 0 Å². The van der Waals surface area contributed by atoms with Crippen LogP contribution in [0.1, 0.15) is 17.3 Å². The number of benzene rings is 1. The lowest BCUT2D eigenvalue weighted by Gasteiger charge is -2.21. The van der Waals surface area contributed by atoms with Crippen LogP contribution in [0.2, 0.25) is 5.02 Å². The molecule has 0 unspecified atom stereocenters. The van der Waals surface area contributed by atoms with E-state index in [0.717, 1.165) is 18.5 Å². The molecule has 0 atom stereocenters. The van der Waals surface area contributed by atoms with Crippen molar-refractivity contribution in [1.82, 2.24) is 0 Å². The van der Waals surface area contributed by atoms with E-state index in [9.17, 15) is 4.79 Å². The molecule has 0 N–H and O–H groups in total. The van der Waals surface area contributed by atoms with Crippen LogP contribution in [0.5, 0.6) is 0 Å². The molecule has 0 aromatic heterocycles. The number of carbonyl (C=O) groups is 1. The second-order valence-corrected chi connectivity index (χ2v) is 3.82. The summed E-state index contributed by atoms with van der Waals surface area (Å²) in [6, 6.07) is 5.43. The van der Waals surface area contributed by atoms with Crippen LogP contribution in [0.3, 0.4) is 0 Å². The maximum Gasteiger partial charge on any atom is 0.153 e. The normalized spacial score (nSPS) is 10.2. The van der Waals surface area contributed by atoms with E-state index < -0.39 is 0 Å². The van der Waals surface area contributed by atoms with Gasteiger partial charge >= 0.3 is 0 Å². The van der Waals surface area contributed by atoms with Gasteiger partial charge < -0.3 is 9.64 Å². The Morgan fingerprint density at radius 2 is 2.25 bits per heavy atom. The zero-order valence-electron chi connectivity index (χ0n) is 9.57. The molecule has 1 rings (SSSR count). The number of anilines is 1. The summed E-state index contributed by atoms with van der Waals surface area (Å²) in [5.74, 6) is 0. The highest BCUT2D eigenvalue weighted by molar-refractivity contribution is 6.33. The van der Waals surface area contributed by atoms with Gasteiger partial charge in [-0.15, -0.1) is 0 Å². The van der Waals surface area contributed by atoms with Gasteiger partial charge in [-0.2, -0.15) is 0 Å². The van der Waals surface area contributed by atoms with Crippen molar-refractivity contribution < 1.29 is 9.53 Å². The maximum atomic E-state index is 10.9. The Morgan fingerprint density at radius 3 is 2.88 bits per heavy atom. The molecular formula is C12H16ClNO2. The molecule has 0 aliphatic rings. The van der Waals surface area contributed by atoms with E-state index in [1.165, 1.54) is 0 Å². The van der Waals surface area contributed by atoms with Crippen LogP contribution in [-0.4, -0.2) is 33.1 Å². The third kappa shape index (κ3) is 3.22. The van der Waals surface area contributed by atoms with Gasteiger partial charge in [-0.1, -0.05) is 17.7 Å². The Bertz CT molecular complexity index is 355. The first-order chi connectivity index (χ1) is 7.70. The number of hydrogen-bond acceptors (Lipinski definition) is 3. The molecule has 0 radical (unpaired) electrons. The molecule has 0 heterocycles. The molecule has 1 aromatic rings. The molecule has 4 heteroatoms. The lowest BCUT2D eigenvalue weighted by molar-refractivity contribution is 0.112. The second-order valence-electron chi connectivity index (χ2n) is 3.41. The third-order valence-electron chi connectivity index (χ3n) is 2.33. The standard InChI is InChI=1S/C12H16ClNO2/c1-3-16-8-7-14(2)12-6-4-5-11(13)10(12)9-15/h4-6,9H,3,7-8H2,1-2H3. The van der Waals surface area contributed by atoms with Crippen LogP contribution in [0.15, 0.2) is 18.2 Å². The molecule has 3 nitrogen and oxygen atoms in total. The number of carbonyl (C=O) groups excluding carboxylic acids is 1. The molecule has 0 bridgehead atoms. The SMILES string of the molecule is CCOCCN(C)c1cccc(Cl)c1C=O. The monoisotopic (exact) mass is 241 g/mol. The summed E-state index contributed by atoms with van der Waals surface area (Å²) in [6.45, 7) is 4.02. The van der Waals surface area contributed by atoms with E-state index in [1.54, 1.807) is 6.07 Å². The number of nitrogens with zero attached hydrogens (tertiary/aromatic N) is 1. The highest BCUT2D eigenvalue weighted by Gasteiger charge is 2.09. The maximum absolute atomic E-state index is 10.9. The van der Waals surface area contributed by atoms with E-state index in [-0.39, 0.29) is 0 Å². The van der Waals surface area contributed by atoms with Crippen molar-refractivity contribution in [3.05, 3.63) is 28.8 Å². The summed E-state index contributed by atoms with van der Waals surface area (Å²) < 4.78 is 5.27. The van der Waals surface area contributed by atoms with Crippen molar-refractivity contribution in [2.75, 3.05) is 31.7 Å². The lowest BCUT2D eigenvalue weighted by atomic mass is 10.2. The summed E-state index contributed by atoms with van der Waals surface area (Å²) in [7, 11) is 1.91. The predicted octanol–water partition coefficient (Wildman–Crippen LogP) is 2.63. The number of hydrogen-bond donors (Lipinski definition) is 0. The number of halogens is 1. The van der Waals surface area contributed by atoms with E-state index in [0.29, 0.717) is 23.8 Å². The molecule has 0 saturated carbocycles. The van der Waals surface area contributed by atoms with E-state index in [1.807, 2.05) is 31.0 Å². The Labute approximate surface area is 101 Å². The van der Waals surface area contributed by atoms with Crippen molar-refractivity contribution in [2.24, 2.45) is 0 Å². The molecule has 0 saturated heterocycles. The first-order valence-electron chi connectivity index (χ1n) is 5.23. The Hall–Kier alpha value is -1.06. The molecule has 1 aromatic carbocycles. The van der Waals surface area contributed by atoms with Gasteiger partial charge in [0.2, 0.25) is 0 Å². The summed E-state index contributed by atoms with van der Waals surface area (Å²) in [6.07, 6.45) is 0.787. The van der Waals surface area contributed by atoms with Gasteiger partial charge in [0.15, 0.2) is 6.29 Å². The molecule has 0 fully saturated rings. The summed E-state index contributed by atoms with van der Waals surface area (Å²) in [5, 5.41) is 0.482. The summed E-state index contributed by atoms with van der Waals surface area (Å²) >= 11 is 5.95. The minimum Gasteiger partial charge on any atom is -0.380 e. The van der Waals surface area contributed by atoms with Crippen LogP contribution in [0.25, 0.3) is 0 Å². The van der Waals surface area contributed by atoms with Gasteiger partial charge in [0.25, 0.3) is 0 Å². The smallest absolute Gasteiger partial charge is 0.153 e. The highest BCUT2D eigenvalue weighted by atomic mass is 35.5. The van der Waals surface area contributed by atoms with Crippen LogP contribution in [0.4, 0.5) is 5.69 Å². The van der Waals surface area contributed by atoms with Gasteiger partial charge in [0.1, 0.15) is 0 Å². The summed E-state index contributed by atoms with van der Waals surface area (Å²) in [5.41, 5.74) is 1.37. The van der Waals surface area contributed by atoms with E-state index in [4.69, 9.17) is 16.3 Å². The summed E-state index contributed by atoms with van der Waals surface area (Å²) in [4.78, 5) is 12.9. The van der Waals surface area contributed by atoms with Gasteiger partial charge in [0.05, 0.1) is 17.2 Å². The topological polar surface area (TPSA) is 29.5 Å². The Morgan fingerprint density at radius 1 is 1.50 bits per heavy atom. The van der Waals surface area contributed by atoms with Crippen molar-refractivity contribution in [2.45, 2.75) is 6.92 Å². The first kappa shape index (κ1) is 13.0. The molecule has 0 aliphatic carbocycles. The molecule has 0 spiro atoms. The molecule has 88 valence electrons. The van der Waals surface area contributed by atoms with Gasteiger partial charge in [0, 0.05) is 25.9 Å². The average Bonchev–Trinajstić information content (AvgIpc) is 2.29. The van der Waals surface area contributed by atoms with Crippen LogP contribution >= 0.6 is 11.6 Å². The van der Waals surface area contributed by atoms with Crippen molar-refractivity contribution in [1.29, 1.82) is 0 Å². The second kappa shape index (κ2) is 6.51. The zero-order chi connectivity index (χ0) is 12.0. The lowest BCUT2D eigenvalue weighted by Crippen LogP contribution is -2.23. The largest absolute Gasteiger partial charge is 0.380 e. The highest BCUT2D eigenvalue weighted by Crippen LogP contribution is 2.24.